The van der Waals surface area contributed by atoms with Crippen LogP contribution in [0.5, 0.6) is 0 Å². The lowest BCUT2D eigenvalue weighted by Crippen LogP contribution is -2.55. The van der Waals surface area contributed by atoms with E-state index < -0.39 is 36.2 Å². The van der Waals surface area contributed by atoms with Crippen molar-refractivity contribution in [2.45, 2.75) is 103 Å². The van der Waals surface area contributed by atoms with Crippen molar-refractivity contribution in [1.29, 1.82) is 0 Å². The molecular formula is C35H56N4O7. The molecule has 0 bridgehead atoms. The van der Waals surface area contributed by atoms with Crippen LogP contribution in [0.1, 0.15) is 65.9 Å². The number of benzene rings is 1. The Labute approximate surface area is 275 Å². The number of amides is 3. The summed E-state index contributed by atoms with van der Waals surface area (Å²) in [5.74, 6) is -1.91. The fourth-order valence-corrected chi connectivity index (χ4v) is 6.46. The summed E-state index contributed by atoms with van der Waals surface area (Å²) in [6.07, 6.45) is 3.07. The third kappa shape index (κ3) is 10.4. The first kappa shape index (κ1) is 38.9. The molecule has 1 saturated heterocycles. The van der Waals surface area contributed by atoms with Gasteiger partial charge in [-0.2, -0.15) is 0 Å². The van der Waals surface area contributed by atoms with Crippen molar-refractivity contribution in [1.82, 2.24) is 15.1 Å². The minimum atomic E-state index is -0.870. The van der Waals surface area contributed by atoms with E-state index in [1.165, 1.54) is 14.2 Å². The molecule has 0 aliphatic carbocycles. The average Bonchev–Trinajstić information content (AvgIpc) is 3.53. The van der Waals surface area contributed by atoms with Crippen LogP contribution in [0.25, 0.3) is 0 Å². The van der Waals surface area contributed by atoms with Crippen molar-refractivity contribution in [3.63, 3.8) is 0 Å². The Morgan fingerprint density at radius 2 is 1.74 bits per heavy atom. The van der Waals surface area contributed by atoms with Crippen LogP contribution < -0.4 is 11.1 Å². The van der Waals surface area contributed by atoms with Crippen LogP contribution in [0.2, 0.25) is 0 Å². The van der Waals surface area contributed by atoms with Gasteiger partial charge in [-0.05, 0) is 38.2 Å². The lowest BCUT2D eigenvalue weighted by molar-refractivity contribution is -0.148. The Bertz CT molecular complexity index is 1170. The zero-order valence-corrected chi connectivity index (χ0v) is 29.2. The van der Waals surface area contributed by atoms with E-state index in [0.717, 1.165) is 24.0 Å². The molecule has 8 unspecified atom stereocenters. The fourth-order valence-electron chi connectivity index (χ4n) is 6.46. The van der Waals surface area contributed by atoms with Crippen LogP contribution in [0.4, 0.5) is 0 Å². The Morgan fingerprint density at radius 1 is 1.09 bits per heavy atom. The molecule has 3 amide bonds. The summed E-state index contributed by atoms with van der Waals surface area (Å²) < 4.78 is 16.7. The summed E-state index contributed by atoms with van der Waals surface area (Å²) in [5, 5.41) is 2.85. The van der Waals surface area contributed by atoms with Crippen molar-refractivity contribution in [3.05, 3.63) is 47.5 Å². The molecule has 1 aromatic carbocycles. The number of hydrogen-bond donors (Lipinski definition) is 2. The largest absolute Gasteiger partial charge is 0.467 e. The quantitative estimate of drug-likeness (QED) is 0.195. The number of carbonyl (C=O) groups excluding carboxylic acids is 4. The number of hydrogen-bond acceptors (Lipinski definition) is 8. The molecule has 11 nitrogen and oxygen atoms in total. The third-order valence-corrected chi connectivity index (χ3v) is 9.14. The maximum atomic E-state index is 13.9. The first-order valence-electron chi connectivity index (χ1n) is 16.2. The predicted molar refractivity (Wildman–Crippen MR) is 178 cm³/mol. The lowest BCUT2D eigenvalue weighted by atomic mass is 9.90. The zero-order valence-electron chi connectivity index (χ0n) is 29.2. The molecule has 1 aromatic rings. The highest BCUT2D eigenvalue weighted by Gasteiger charge is 2.42. The van der Waals surface area contributed by atoms with Crippen LogP contribution in [-0.4, -0.2) is 105 Å². The molecular weight excluding hydrogens is 588 g/mol. The maximum absolute atomic E-state index is 13.9. The fraction of sp³-hybridized carbons (Fsp3) is 0.657. The van der Waals surface area contributed by atoms with Crippen LogP contribution in [0.15, 0.2) is 42.0 Å². The standard InChI is InChI=1S/C35H56N4O7/c1-10-23(4)31(38(6)34(42)26(36)19-22(2)3)29(44-7)21-30(40)39-18-14-17-28(39)32(45-8)24(5)33(41)37-27(35(43)46-9)20-25-15-12-11-13-16-25/h11-13,15-16,19,23-24,26-29,31-32H,10,14,17-18,20-21,36H2,1-9H3,(H,37,41). The second-order valence-corrected chi connectivity index (χ2v) is 12.6. The van der Waals surface area contributed by atoms with E-state index in [-0.39, 0.29) is 48.6 Å². The van der Waals surface area contributed by atoms with E-state index in [1.807, 2.05) is 58.0 Å². The Morgan fingerprint density at radius 3 is 2.28 bits per heavy atom. The highest BCUT2D eigenvalue weighted by Crippen LogP contribution is 2.29. The summed E-state index contributed by atoms with van der Waals surface area (Å²) >= 11 is 0. The van der Waals surface area contributed by atoms with Gasteiger partial charge in [-0.25, -0.2) is 4.79 Å². The first-order chi connectivity index (χ1) is 21.8. The van der Waals surface area contributed by atoms with E-state index in [4.69, 9.17) is 19.9 Å². The number of nitrogens with zero attached hydrogens (tertiary/aromatic N) is 2. The molecule has 46 heavy (non-hydrogen) atoms. The van der Waals surface area contributed by atoms with E-state index in [0.29, 0.717) is 13.0 Å². The molecule has 11 heteroatoms. The van der Waals surface area contributed by atoms with Crippen LogP contribution in [0.3, 0.4) is 0 Å². The van der Waals surface area contributed by atoms with E-state index in [9.17, 15) is 19.2 Å². The molecule has 1 aliphatic rings. The van der Waals surface area contributed by atoms with Crippen molar-refractivity contribution in [2.24, 2.45) is 17.6 Å². The topological polar surface area (TPSA) is 141 Å². The van der Waals surface area contributed by atoms with Gasteiger partial charge in [-0.1, -0.05) is 69.2 Å². The van der Waals surface area contributed by atoms with Gasteiger partial charge in [0.2, 0.25) is 17.7 Å². The monoisotopic (exact) mass is 644 g/mol. The zero-order chi connectivity index (χ0) is 34.6. The van der Waals surface area contributed by atoms with Crippen LogP contribution in [0, 0.1) is 11.8 Å². The third-order valence-electron chi connectivity index (χ3n) is 9.14. The molecule has 2 rings (SSSR count). The van der Waals surface area contributed by atoms with Gasteiger partial charge in [0.05, 0.1) is 43.7 Å². The molecule has 1 fully saturated rings. The second kappa shape index (κ2) is 18.8. The van der Waals surface area contributed by atoms with Crippen molar-refractivity contribution < 1.29 is 33.4 Å². The number of nitrogens with one attached hydrogen (secondary N) is 1. The first-order valence-corrected chi connectivity index (χ1v) is 16.2. The molecule has 1 heterocycles. The van der Waals surface area contributed by atoms with E-state index in [2.05, 4.69) is 5.32 Å². The normalized spacial score (nSPS) is 19.2. The average molecular weight is 645 g/mol. The smallest absolute Gasteiger partial charge is 0.328 e. The summed E-state index contributed by atoms with van der Waals surface area (Å²) in [6, 6.07) is 7.00. The van der Waals surface area contributed by atoms with E-state index >= 15 is 0 Å². The number of allylic oxidation sites excluding steroid dienone is 1. The summed E-state index contributed by atoms with van der Waals surface area (Å²) in [7, 11) is 6.10. The lowest BCUT2D eigenvalue weighted by Gasteiger charge is -2.39. The van der Waals surface area contributed by atoms with Crippen LogP contribution >= 0.6 is 0 Å². The highest BCUT2D eigenvalue weighted by molar-refractivity contribution is 5.86. The number of likely N-dealkylation sites (tertiary alicyclic amines) is 1. The van der Waals surface area contributed by atoms with Crippen molar-refractivity contribution in [3.8, 4) is 0 Å². The predicted octanol–water partition coefficient (Wildman–Crippen LogP) is 3.10. The van der Waals surface area contributed by atoms with Gasteiger partial charge in [-0.15, -0.1) is 0 Å². The Hall–Kier alpha value is -3.28. The number of carbonyl (C=O) groups is 4. The second-order valence-electron chi connectivity index (χ2n) is 12.6. The number of rotatable bonds is 17. The Kier molecular flexibility index (Phi) is 15.9. The summed E-state index contributed by atoms with van der Waals surface area (Å²) in [5.41, 5.74) is 8.03. The molecule has 0 spiro atoms. The molecule has 0 aromatic heterocycles. The number of esters is 1. The molecule has 258 valence electrons. The number of methoxy groups -OCH3 is 3. The van der Waals surface area contributed by atoms with Crippen molar-refractivity contribution in [2.75, 3.05) is 34.9 Å². The van der Waals surface area contributed by atoms with Gasteiger partial charge in [0.1, 0.15) is 12.1 Å². The summed E-state index contributed by atoms with van der Waals surface area (Å²) in [6.45, 7) is 10.1. The van der Waals surface area contributed by atoms with Crippen molar-refractivity contribution >= 4 is 23.7 Å². The molecule has 0 radical (unpaired) electrons. The molecule has 0 saturated carbocycles. The maximum Gasteiger partial charge on any atom is 0.328 e. The summed E-state index contributed by atoms with van der Waals surface area (Å²) in [4.78, 5) is 56.7. The number of ether oxygens (including phenoxy) is 3. The van der Waals surface area contributed by atoms with Gasteiger partial charge in [0.15, 0.2) is 0 Å². The van der Waals surface area contributed by atoms with Gasteiger partial charge < -0.3 is 35.1 Å². The SMILES string of the molecule is CCC(C)C(C(CC(=O)N1CCCC1C(OC)C(C)C(=O)NC(Cc1ccccc1)C(=O)OC)OC)N(C)C(=O)C(N)C=C(C)C. The molecule has 8 atom stereocenters. The minimum Gasteiger partial charge on any atom is -0.467 e. The molecule has 1 aliphatic heterocycles. The van der Waals surface area contributed by atoms with Gasteiger partial charge in [0, 0.05) is 34.2 Å². The van der Waals surface area contributed by atoms with Gasteiger partial charge >= 0.3 is 5.97 Å². The number of likely N-dealkylation sites (N-methyl/N-ethyl adjacent to an activating group) is 1. The molecule has 3 N–H and O–H groups in total. The van der Waals surface area contributed by atoms with Gasteiger partial charge in [0.25, 0.3) is 0 Å². The highest BCUT2D eigenvalue weighted by atomic mass is 16.5. The van der Waals surface area contributed by atoms with E-state index in [1.54, 1.807) is 37.0 Å². The minimum absolute atomic E-state index is 0.0362. The van der Waals surface area contributed by atoms with Gasteiger partial charge in [-0.3, -0.25) is 14.4 Å². The van der Waals surface area contributed by atoms with Crippen LogP contribution in [-0.2, 0) is 39.8 Å². The number of nitrogens with two attached hydrogens (primary N) is 1. The Balaban J connectivity index is 2.22.